The lowest BCUT2D eigenvalue weighted by atomic mass is 9.43. The lowest BCUT2D eigenvalue weighted by molar-refractivity contribution is -0.171. The molecule has 6 heteroatoms. The second-order valence-corrected chi connectivity index (χ2v) is 12.1. The van der Waals surface area contributed by atoms with Crippen molar-refractivity contribution >= 4 is 12.1 Å². The minimum Gasteiger partial charge on any atom is -0.481 e. The molecule has 0 saturated heterocycles. The van der Waals surface area contributed by atoms with Gasteiger partial charge in [-0.25, -0.2) is 4.79 Å². The molecule has 0 bridgehead atoms. The van der Waals surface area contributed by atoms with Crippen LogP contribution in [0.3, 0.4) is 0 Å². The monoisotopic (exact) mass is 476 g/mol. The van der Waals surface area contributed by atoms with Crippen molar-refractivity contribution in [2.75, 3.05) is 19.6 Å². The Morgan fingerprint density at radius 2 is 1.79 bits per heavy atom. The van der Waals surface area contributed by atoms with Crippen LogP contribution in [0.5, 0.6) is 0 Å². The first-order valence-corrected chi connectivity index (χ1v) is 14.2. The third-order valence-electron chi connectivity index (χ3n) is 11.2. The van der Waals surface area contributed by atoms with Crippen molar-refractivity contribution in [3.05, 3.63) is 0 Å². The van der Waals surface area contributed by atoms with Gasteiger partial charge in [0.25, 0.3) is 0 Å². The Labute approximate surface area is 206 Å². The molecule has 0 aromatic heterocycles. The Balaban J connectivity index is 1.63. The summed E-state index contributed by atoms with van der Waals surface area (Å²) in [5, 5.41) is 10.3. The van der Waals surface area contributed by atoms with Crippen LogP contribution in [0.1, 0.15) is 97.8 Å². The van der Waals surface area contributed by atoms with Crippen molar-refractivity contribution in [3.8, 4) is 0 Å². The first-order chi connectivity index (χ1) is 16.3. The number of carboxylic acids is 1. The normalized spacial score (nSPS) is 40.2. The van der Waals surface area contributed by atoms with E-state index in [2.05, 4.69) is 25.7 Å². The molecule has 4 aliphatic rings. The largest absolute Gasteiger partial charge is 0.481 e. The molecular weight excluding hydrogens is 428 g/mol. The first-order valence-electron chi connectivity index (χ1n) is 14.2. The van der Waals surface area contributed by atoms with E-state index in [1.807, 2.05) is 0 Å². The fourth-order valence-electron chi connectivity index (χ4n) is 9.62. The van der Waals surface area contributed by atoms with E-state index in [1.165, 1.54) is 38.5 Å². The van der Waals surface area contributed by atoms with Gasteiger partial charge in [-0.2, -0.15) is 0 Å². The van der Waals surface area contributed by atoms with Crippen molar-refractivity contribution in [2.45, 2.75) is 104 Å². The van der Waals surface area contributed by atoms with Crippen LogP contribution in [-0.4, -0.2) is 47.8 Å². The van der Waals surface area contributed by atoms with Crippen LogP contribution in [-0.2, 0) is 9.53 Å². The van der Waals surface area contributed by atoms with Gasteiger partial charge >= 0.3 is 12.1 Å². The van der Waals surface area contributed by atoms with Crippen LogP contribution in [0.25, 0.3) is 0 Å². The van der Waals surface area contributed by atoms with Crippen LogP contribution < -0.4 is 5.73 Å². The molecule has 34 heavy (non-hydrogen) atoms. The highest BCUT2D eigenvalue weighted by Crippen LogP contribution is 2.69. The molecule has 0 aromatic carbocycles. The number of carbonyl (C=O) groups excluding carboxylic acids is 1. The molecule has 0 heterocycles. The number of nitrogens with zero attached hydrogens (tertiary/aromatic N) is 1. The zero-order chi connectivity index (χ0) is 24.5. The maximum Gasteiger partial charge on any atom is 0.404 e. The summed E-state index contributed by atoms with van der Waals surface area (Å²) >= 11 is 0. The number of ether oxygens (including phenoxy) is 1. The van der Waals surface area contributed by atoms with Gasteiger partial charge in [0.2, 0.25) is 0 Å². The van der Waals surface area contributed by atoms with Gasteiger partial charge < -0.3 is 20.5 Å². The Hall–Kier alpha value is -1.30. The summed E-state index contributed by atoms with van der Waals surface area (Å²) in [6.45, 7) is 9.80. The van der Waals surface area contributed by atoms with E-state index in [0.29, 0.717) is 36.0 Å². The number of carbonyl (C=O) groups is 2. The van der Waals surface area contributed by atoms with Crippen LogP contribution >= 0.6 is 0 Å². The summed E-state index contributed by atoms with van der Waals surface area (Å²) in [6, 6.07) is 0. The van der Waals surface area contributed by atoms with Crippen molar-refractivity contribution in [1.29, 1.82) is 0 Å². The third-order valence-corrected chi connectivity index (χ3v) is 11.2. The highest BCUT2D eigenvalue weighted by Gasteiger charge is 2.65. The molecule has 194 valence electrons. The second-order valence-electron chi connectivity index (χ2n) is 12.1. The van der Waals surface area contributed by atoms with Gasteiger partial charge in [0.1, 0.15) is 6.10 Å². The smallest absolute Gasteiger partial charge is 0.404 e. The van der Waals surface area contributed by atoms with E-state index in [-0.39, 0.29) is 0 Å². The summed E-state index contributed by atoms with van der Waals surface area (Å²) in [4.78, 5) is 27.1. The molecule has 4 aliphatic carbocycles. The van der Waals surface area contributed by atoms with Gasteiger partial charge in [-0.05, 0) is 113 Å². The molecule has 4 rings (SSSR count). The number of hydrogen-bond donors (Lipinski definition) is 2. The predicted octanol–water partition coefficient (Wildman–Crippen LogP) is 5.69. The fraction of sp³-hybridized carbons (Fsp3) is 0.929. The van der Waals surface area contributed by atoms with Crippen molar-refractivity contribution in [2.24, 2.45) is 46.2 Å². The average Bonchev–Trinajstić information content (AvgIpc) is 3.21. The summed E-state index contributed by atoms with van der Waals surface area (Å²) in [5.74, 6) is 1.25. The van der Waals surface area contributed by atoms with Crippen LogP contribution in [0.15, 0.2) is 0 Å². The van der Waals surface area contributed by atoms with Crippen molar-refractivity contribution in [1.82, 2.24) is 4.90 Å². The topological polar surface area (TPSA) is 92.9 Å². The summed E-state index contributed by atoms with van der Waals surface area (Å²) in [5.41, 5.74) is 5.54. The van der Waals surface area contributed by atoms with Gasteiger partial charge in [0.05, 0.1) is 5.92 Å². The SMILES string of the molecule is CCN(CC)CCCC(OC(N)=O)[C@]12CC[C@H]3[C@@H](CCC4CCCC[C@@]43C)[C@@H]1CCC2C(=O)O. The maximum atomic E-state index is 12.6. The minimum absolute atomic E-state index is 0.324. The van der Waals surface area contributed by atoms with E-state index in [1.54, 1.807) is 0 Å². The van der Waals surface area contributed by atoms with Gasteiger partial charge in [-0.15, -0.1) is 0 Å². The van der Waals surface area contributed by atoms with Gasteiger partial charge in [0, 0.05) is 5.41 Å². The van der Waals surface area contributed by atoms with Crippen LogP contribution in [0.4, 0.5) is 4.79 Å². The molecule has 0 aromatic rings. The molecule has 3 N–H and O–H groups in total. The number of nitrogens with two attached hydrogens (primary N) is 1. The zero-order valence-corrected chi connectivity index (χ0v) is 21.8. The van der Waals surface area contributed by atoms with Crippen LogP contribution in [0.2, 0.25) is 0 Å². The Kier molecular flexibility index (Phi) is 7.86. The quantitative estimate of drug-likeness (QED) is 0.446. The number of amides is 1. The number of hydrogen-bond acceptors (Lipinski definition) is 4. The molecule has 0 radical (unpaired) electrons. The van der Waals surface area contributed by atoms with E-state index >= 15 is 0 Å². The number of primary amides is 1. The summed E-state index contributed by atoms with van der Waals surface area (Å²) in [7, 11) is 0. The summed E-state index contributed by atoms with van der Waals surface area (Å²) in [6.07, 6.45) is 11.9. The predicted molar refractivity (Wildman–Crippen MR) is 133 cm³/mol. The van der Waals surface area contributed by atoms with Crippen molar-refractivity contribution in [3.63, 3.8) is 0 Å². The molecule has 1 amide bonds. The van der Waals surface area contributed by atoms with E-state index < -0.39 is 29.5 Å². The van der Waals surface area contributed by atoms with Gasteiger partial charge in [-0.1, -0.05) is 33.6 Å². The van der Waals surface area contributed by atoms with Gasteiger partial charge in [-0.3, -0.25) is 4.79 Å². The average molecular weight is 477 g/mol. The molecule has 0 spiro atoms. The number of aliphatic carboxylic acids is 1. The van der Waals surface area contributed by atoms with E-state index in [9.17, 15) is 14.7 Å². The first kappa shape index (κ1) is 25.8. The maximum absolute atomic E-state index is 12.6. The fourth-order valence-corrected chi connectivity index (χ4v) is 9.62. The highest BCUT2D eigenvalue weighted by atomic mass is 16.6. The number of rotatable bonds is 9. The highest BCUT2D eigenvalue weighted by molar-refractivity contribution is 5.72. The molecule has 0 aliphatic heterocycles. The minimum atomic E-state index is -0.748. The Morgan fingerprint density at radius 1 is 1.03 bits per heavy atom. The molecule has 6 nitrogen and oxygen atoms in total. The number of fused-ring (bicyclic) bond motifs is 5. The van der Waals surface area contributed by atoms with Gasteiger partial charge in [0.15, 0.2) is 0 Å². The Bertz CT molecular complexity index is 740. The zero-order valence-electron chi connectivity index (χ0n) is 21.8. The molecule has 3 unspecified atom stereocenters. The lowest BCUT2D eigenvalue weighted by Crippen LogP contribution is -2.58. The van der Waals surface area contributed by atoms with Crippen LogP contribution in [0, 0.1) is 40.4 Å². The van der Waals surface area contributed by atoms with E-state index in [4.69, 9.17) is 10.5 Å². The molecule has 4 saturated carbocycles. The lowest BCUT2D eigenvalue weighted by Gasteiger charge is -2.61. The van der Waals surface area contributed by atoms with Crippen molar-refractivity contribution < 1.29 is 19.4 Å². The third kappa shape index (κ3) is 4.37. The molecule has 8 atom stereocenters. The van der Waals surface area contributed by atoms with E-state index in [0.717, 1.165) is 51.2 Å². The molecular formula is C28H48N2O4. The second kappa shape index (κ2) is 10.4. The number of carboxylic acid groups (broad SMARTS) is 1. The standard InChI is InChI=1S/C28H48N2O4/c1-4-30(5-2)18-8-10-24(34-26(29)33)28-17-15-21-20(22(28)13-14-23(28)25(31)32)12-11-19-9-6-7-16-27(19,21)3/h19-24H,4-18H2,1-3H3,(H2,29,33)(H,31,32)/t19?,20-,21+,22+,23?,24?,27+,28-/m1/s1. The molecule has 4 fully saturated rings. The summed E-state index contributed by atoms with van der Waals surface area (Å²) < 4.78 is 5.89. The Morgan fingerprint density at radius 3 is 2.47 bits per heavy atom.